The van der Waals surface area contributed by atoms with Crippen molar-refractivity contribution in [1.82, 2.24) is 0 Å². The maximum Gasteiger partial charge on any atom is 0.143 e. The summed E-state index contributed by atoms with van der Waals surface area (Å²) in [6.07, 6.45) is 0. The highest BCUT2D eigenvalue weighted by Gasteiger charge is 2.28. The highest BCUT2D eigenvalue weighted by Crippen LogP contribution is 2.54. The van der Waals surface area contributed by atoms with Crippen LogP contribution in [-0.2, 0) is 0 Å². The second kappa shape index (κ2) is 12.9. The van der Waals surface area contributed by atoms with Gasteiger partial charge in [-0.1, -0.05) is 152 Å². The van der Waals surface area contributed by atoms with Crippen molar-refractivity contribution in [3.05, 3.63) is 200 Å². The number of para-hydroxylation sites is 1. The Morgan fingerprint density at radius 2 is 1.00 bits per heavy atom. The molecule has 1 aromatic heterocycles. The average molecular weight is 720 g/mol. The minimum Gasteiger partial charge on any atom is -0.455 e. The van der Waals surface area contributed by atoms with E-state index >= 15 is 0 Å². The van der Waals surface area contributed by atoms with Gasteiger partial charge in [-0.3, -0.25) is 0 Å². The number of rotatable bonds is 5. The van der Waals surface area contributed by atoms with Gasteiger partial charge < -0.3 is 9.64 Å². The summed E-state index contributed by atoms with van der Waals surface area (Å²) in [6, 6.07) is 72.1. The van der Waals surface area contributed by atoms with Gasteiger partial charge in [-0.25, -0.2) is 0 Å². The molecule has 9 aromatic carbocycles. The summed E-state index contributed by atoms with van der Waals surface area (Å²) in [4.78, 5) is 2.41. The summed E-state index contributed by atoms with van der Waals surface area (Å²) in [5.74, 6) is 1.73. The summed E-state index contributed by atoms with van der Waals surface area (Å²) < 4.78 is 9.55. The third kappa shape index (κ3) is 5.24. The van der Waals surface area contributed by atoms with Gasteiger partial charge in [-0.15, -0.1) is 11.3 Å². The molecule has 10 aromatic rings. The lowest BCUT2D eigenvalue weighted by atomic mass is 9.90. The Kier molecular flexibility index (Phi) is 7.39. The summed E-state index contributed by atoms with van der Waals surface area (Å²) >= 11 is 1.87. The zero-order valence-electron chi connectivity index (χ0n) is 29.8. The largest absolute Gasteiger partial charge is 0.455 e. The number of hydrogen-bond acceptors (Lipinski definition) is 3. The van der Waals surface area contributed by atoms with Crippen LogP contribution in [0.1, 0.15) is 0 Å². The Bertz CT molecular complexity index is 3050. The van der Waals surface area contributed by atoms with Crippen LogP contribution in [0.15, 0.2) is 200 Å². The van der Waals surface area contributed by atoms with Gasteiger partial charge in [0.15, 0.2) is 0 Å². The zero-order chi connectivity index (χ0) is 36.3. The lowest BCUT2D eigenvalue weighted by Gasteiger charge is -2.29. The molecular formula is C52H33NOS. The van der Waals surface area contributed by atoms with Crippen molar-refractivity contribution in [3.63, 3.8) is 0 Å². The summed E-state index contributed by atoms with van der Waals surface area (Å²) in [6.45, 7) is 0. The molecule has 1 aliphatic rings. The molecule has 0 fully saturated rings. The first-order valence-electron chi connectivity index (χ1n) is 18.7. The Morgan fingerprint density at radius 3 is 1.84 bits per heavy atom. The highest BCUT2D eigenvalue weighted by atomic mass is 32.1. The van der Waals surface area contributed by atoms with Crippen LogP contribution >= 0.6 is 11.3 Å². The topological polar surface area (TPSA) is 12.5 Å². The quantitative estimate of drug-likeness (QED) is 0.176. The first-order chi connectivity index (χ1) is 27.3. The van der Waals surface area contributed by atoms with Gasteiger partial charge in [0.25, 0.3) is 0 Å². The number of ether oxygens (including phenoxy) is 1. The number of thiophene rings is 1. The van der Waals surface area contributed by atoms with E-state index in [1.807, 2.05) is 11.3 Å². The van der Waals surface area contributed by atoms with Crippen molar-refractivity contribution in [2.75, 3.05) is 4.90 Å². The van der Waals surface area contributed by atoms with E-state index in [0.29, 0.717) is 0 Å². The van der Waals surface area contributed by atoms with Crippen LogP contribution < -0.4 is 9.64 Å². The van der Waals surface area contributed by atoms with Crippen molar-refractivity contribution in [2.24, 2.45) is 0 Å². The summed E-state index contributed by atoms with van der Waals surface area (Å²) in [5.41, 5.74) is 12.5. The number of nitrogens with zero attached hydrogens (tertiary/aromatic N) is 1. The van der Waals surface area contributed by atoms with Crippen LogP contribution in [0.4, 0.5) is 17.1 Å². The number of hydrogen-bond donors (Lipinski definition) is 0. The fourth-order valence-electron chi connectivity index (χ4n) is 8.30. The molecule has 0 aliphatic carbocycles. The molecule has 0 saturated heterocycles. The molecule has 0 radical (unpaired) electrons. The summed E-state index contributed by atoms with van der Waals surface area (Å²) in [7, 11) is 0. The van der Waals surface area contributed by atoms with Crippen LogP contribution in [0.5, 0.6) is 11.5 Å². The van der Waals surface area contributed by atoms with Crippen molar-refractivity contribution < 1.29 is 4.74 Å². The highest BCUT2D eigenvalue weighted by molar-refractivity contribution is 7.26. The van der Waals surface area contributed by atoms with E-state index in [0.717, 1.165) is 61.6 Å². The van der Waals surface area contributed by atoms with Crippen LogP contribution in [0.3, 0.4) is 0 Å². The van der Waals surface area contributed by atoms with Gasteiger partial charge in [0.1, 0.15) is 11.5 Å². The van der Waals surface area contributed by atoms with E-state index in [1.165, 1.54) is 42.4 Å². The third-order valence-corrected chi connectivity index (χ3v) is 12.1. The monoisotopic (exact) mass is 719 g/mol. The first-order valence-corrected chi connectivity index (χ1v) is 19.5. The van der Waals surface area contributed by atoms with E-state index in [9.17, 15) is 0 Å². The molecule has 258 valence electrons. The lowest BCUT2D eigenvalue weighted by molar-refractivity contribution is 0.493. The molecule has 3 heteroatoms. The molecule has 55 heavy (non-hydrogen) atoms. The molecule has 0 bridgehead atoms. The molecule has 0 unspecified atom stereocenters. The normalized spacial score (nSPS) is 11.8. The van der Waals surface area contributed by atoms with Crippen molar-refractivity contribution >= 4 is 59.3 Å². The second-order valence-electron chi connectivity index (χ2n) is 14.0. The van der Waals surface area contributed by atoms with Crippen molar-refractivity contribution in [2.45, 2.75) is 0 Å². The zero-order valence-corrected chi connectivity index (χ0v) is 30.6. The van der Waals surface area contributed by atoms with Gasteiger partial charge in [0, 0.05) is 53.6 Å². The Labute approximate surface area is 323 Å². The minimum absolute atomic E-state index is 0.856. The third-order valence-electron chi connectivity index (χ3n) is 10.9. The predicted octanol–water partition coefficient (Wildman–Crippen LogP) is 15.5. The molecule has 0 N–H and O–H groups in total. The molecular weight excluding hydrogens is 687 g/mol. The smallest absolute Gasteiger partial charge is 0.143 e. The fraction of sp³-hybridized carbons (Fsp3) is 0. The van der Waals surface area contributed by atoms with Gasteiger partial charge in [0.05, 0.1) is 5.69 Å². The fourth-order valence-corrected chi connectivity index (χ4v) is 9.54. The van der Waals surface area contributed by atoms with Crippen molar-refractivity contribution in [1.29, 1.82) is 0 Å². The van der Waals surface area contributed by atoms with E-state index in [2.05, 4.69) is 205 Å². The molecule has 2 heterocycles. The maximum absolute atomic E-state index is 6.91. The van der Waals surface area contributed by atoms with E-state index in [1.54, 1.807) is 0 Å². The van der Waals surface area contributed by atoms with Crippen molar-refractivity contribution in [3.8, 4) is 56.0 Å². The standard InChI is InChI=1S/C52H33NOS/c1-2-12-34(13-3-1)35-24-29-38(30-25-35)53(39-31-26-37(27-32-39)41-18-10-20-45-43-17-7-9-23-49(43)55-52(41)45)47-21-11-19-44-42-16-6-8-22-48(42)54-51-40-15-5-4-14-36(40)28-33-46(51)50(44)47/h1-33H. The lowest BCUT2D eigenvalue weighted by Crippen LogP contribution is -2.11. The molecule has 0 amide bonds. The molecule has 11 rings (SSSR count). The molecule has 1 aliphatic heterocycles. The van der Waals surface area contributed by atoms with Gasteiger partial charge in [-0.2, -0.15) is 0 Å². The predicted molar refractivity (Wildman–Crippen MR) is 233 cm³/mol. The van der Waals surface area contributed by atoms with Gasteiger partial charge in [0.2, 0.25) is 0 Å². The van der Waals surface area contributed by atoms with Crippen LogP contribution in [0.2, 0.25) is 0 Å². The van der Waals surface area contributed by atoms with Gasteiger partial charge in [-0.05, 0) is 81.7 Å². The SMILES string of the molecule is c1ccc(-c2ccc(N(c3ccc(-c4cccc5c4sc4ccccc45)cc3)c3cccc4c3-c3ccc5ccccc5c3Oc3ccccc3-4)cc2)cc1. The van der Waals surface area contributed by atoms with Crippen LogP contribution in [0.25, 0.3) is 75.5 Å². The Hall–Kier alpha value is -6.94. The van der Waals surface area contributed by atoms with Crippen LogP contribution in [-0.4, -0.2) is 0 Å². The first kappa shape index (κ1) is 31.6. The number of anilines is 3. The molecule has 0 spiro atoms. The number of benzene rings is 9. The van der Waals surface area contributed by atoms with E-state index < -0.39 is 0 Å². The van der Waals surface area contributed by atoms with E-state index in [-0.39, 0.29) is 0 Å². The van der Waals surface area contributed by atoms with Crippen LogP contribution in [0, 0.1) is 0 Å². The van der Waals surface area contributed by atoms with E-state index in [4.69, 9.17) is 4.74 Å². The average Bonchev–Trinajstić information content (AvgIpc) is 3.57. The Morgan fingerprint density at radius 1 is 0.382 bits per heavy atom. The summed E-state index contributed by atoms with van der Waals surface area (Å²) in [5, 5.41) is 4.87. The number of fused-ring (bicyclic) bond motifs is 10. The maximum atomic E-state index is 6.91. The molecule has 2 nitrogen and oxygen atoms in total. The second-order valence-corrected chi connectivity index (χ2v) is 15.1. The van der Waals surface area contributed by atoms with Gasteiger partial charge >= 0.3 is 0 Å². The molecule has 0 saturated carbocycles. The molecule has 0 atom stereocenters. The Balaban J connectivity index is 1.13. The minimum atomic E-state index is 0.856.